The van der Waals surface area contributed by atoms with Gasteiger partial charge in [-0.15, -0.1) is 0 Å². The van der Waals surface area contributed by atoms with Crippen LogP contribution < -0.4 is 4.74 Å². The third-order valence-electron chi connectivity index (χ3n) is 8.72. The number of piperidine rings is 2. The van der Waals surface area contributed by atoms with Crippen molar-refractivity contribution >= 4 is 16.7 Å². The van der Waals surface area contributed by atoms with E-state index in [1.165, 1.54) is 6.07 Å². The highest BCUT2D eigenvalue weighted by Gasteiger charge is 2.40. The fourth-order valence-corrected chi connectivity index (χ4v) is 6.72. The number of carbonyl (C=O) groups is 1. The summed E-state index contributed by atoms with van der Waals surface area (Å²) in [7, 11) is 0. The molecule has 2 aromatic carbocycles. The Morgan fingerprint density at radius 3 is 2.33 bits per heavy atom. The van der Waals surface area contributed by atoms with Crippen LogP contribution in [0.1, 0.15) is 75.8 Å². The van der Waals surface area contributed by atoms with Crippen LogP contribution in [0.15, 0.2) is 30.3 Å². The van der Waals surface area contributed by atoms with Gasteiger partial charge in [-0.1, -0.05) is 37.6 Å². The smallest absolute Gasteiger partial charge is 0.420 e. The quantitative estimate of drug-likeness (QED) is 0.458. The Morgan fingerprint density at radius 1 is 1.03 bits per heavy atom. The Labute approximate surface area is 210 Å². The number of fused-ring (bicyclic) bond motifs is 3. The van der Waals surface area contributed by atoms with Crippen molar-refractivity contribution in [2.75, 3.05) is 6.54 Å². The van der Waals surface area contributed by atoms with Gasteiger partial charge in [-0.2, -0.15) is 13.2 Å². The molecular weight excluding hydrogens is 467 g/mol. The van der Waals surface area contributed by atoms with Gasteiger partial charge >= 0.3 is 12.1 Å². The molecule has 0 spiro atoms. The first kappa shape index (κ1) is 25.4. The zero-order chi connectivity index (χ0) is 25.4. The van der Waals surface area contributed by atoms with Crippen molar-refractivity contribution in [1.29, 1.82) is 0 Å². The van der Waals surface area contributed by atoms with Gasteiger partial charge in [0.05, 0.1) is 12.0 Å². The normalized spacial score (nSPS) is 29.3. The first-order chi connectivity index (χ1) is 17.2. The fraction of sp³-hybridized carbons (Fsp3) is 0.621. The van der Waals surface area contributed by atoms with Gasteiger partial charge in [-0.25, -0.2) is 0 Å². The summed E-state index contributed by atoms with van der Waals surface area (Å²) >= 11 is 0. The topological polar surface area (TPSA) is 49.8 Å². The van der Waals surface area contributed by atoms with Gasteiger partial charge in [0.1, 0.15) is 11.3 Å². The maximum atomic E-state index is 14.3. The Morgan fingerprint density at radius 2 is 1.69 bits per heavy atom. The minimum atomic E-state index is -4.51. The van der Waals surface area contributed by atoms with Crippen LogP contribution in [0.3, 0.4) is 0 Å². The molecular formula is C29H36F3NO3. The molecule has 2 heterocycles. The van der Waals surface area contributed by atoms with Crippen molar-refractivity contribution in [3.8, 4) is 5.75 Å². The third-order valence-corrected chi connectivity index (χ3v) is 8.72. The lowest BCUT2D eigenvalue weighted by molar-refractivity contribution is -0.146. The van der Waals surface area contributed by atoms with Crippen LogP contribution in [-0.2, 0) is 17.4 Å². The number of hydrogen-bond acceptors (Lipinski definition) is 3. The standard InChI is InChI=1S/C29H36F3NO3/c1-18-5-10-24(11-6-18)36-26-12-9-20-8-7-19(15-25(20)27(26)29(30,31)32)13-14-33-22-3-2-4-23(33)17-21(16-22)28(34)35/h7-9,12,15,18,21-24H,2-6,10-11,13-14,16-17H2,1H3,(H,34,35). The van der Waals surface area contributed by atoms with Crippen LogP contribution >= 0.6 is 0 Å². The molecule has 2 aromatic rings. The predicted octanol–water partition coefficient (Wildman–Crippen LogP) is 7.08. The molecule has 1 aliphatic carbocycles. The molecule has 196 valence electrons. The fourth-order valence-electron chi connectivity index (χ4n) is 6.72. The average Bonchev–Trinajstić information content (AvgIpc) is 2.82. The Bertz CT molecular complexity index is 1080. The maximum absolute atomic E-state index is 14.3. The van der Waals surface area contributed by atoms with Gasteiger partial charge in [0, 0.05) is 18.6 Å². The van der Waals surface area contributed by atoms with E-state index in [4.69, 9.17) is 4.74 Å². The molecule has 0 aromatic heterocycles. The van der Waals surface area contributed by atoms with Gasteiger partial charge in [-0.3, -0.25) is 9.69 Å². The highest BCUT2D eigenvalue weighted by Crippen LogP contribution is 2.43. The SMILES string of the molecule is CC1CCC(Oc2ccc3ccc(CCN4C5CCCC4CC(C(=O)O)C5)cc3c2C(F)(F)F)CC1. The number of ether oxygens (including phenoxy) is 1. The second-order valence-electron chi connectivity index (χ2n) is 11.2. The van der Waals surface area contributed by atoms with Crippen LogP contribution in [0, 0.1) is 11.8 Å². The van der Waals surface area contributed by atoms with E-state index in [1.54, 1.807) is 18.2 Å². The minimum absolute atomic E-state index is 0.0584. The molecule has 36 heavy (non-hydrogen) atoms. The number of carboxylic acids is 1. The minimum Gasteiger partial charge on any atom is -0.490 e. The summed E-state index contributed by atoms with van der Waals surface area (Å²) in [5.41, 5.74) is 0.203. The van der Waals surface area contributed by atoms with Crippen molar-refractivity contribution in [3.63, 3.8) is 0 Å². The first-order valence-electron chi connectivity index (χ1n) is 13.5. The summed E-state index contributed by atoms with van der Waals surface area (Å²) < 4.78 is 48.9. The van der Waals surface area contributed by atoms with Gasteiger partial charge in [0.25, 0.3) is 0 Å². The number of aliphatic carboxylic acids is 1. The number of benzene rings is 2. The molecule has 2 atom stereocenters. The predicted molar refractivity (Wildman–Crippen MR) is 133 cm³/mol. The molecule has 2 unspecified atom stereocenters. The molecule has 1 saturated carbocycles. The molecule has 2 bridgehead atoms. The van der Waals surface area contributed by atoms with E-state index in [-0.39, 0.29) is 35.2 Å². The molecule has 1 N–H and O–H groups in total. The molecule has 0 radical (unpaired) electrons. The van der Waals surface area contributed by atoms with E-state index in [0.717, 1.165) is 57.1 Å². The Hall–Kier alpha value is -2.28. The highest BCUT2D eigenvalue weighted by molar-refractivity contribution is 5.89. The van der Waals surface area contributed by atoms with E-state index in [0.29, 0.717) is 30.6 Å². The Balaban J connectivity index is 1.37. The van der Waals surface area contributed by atoms with Crippen molar-refractivity contribution in [1.82, 2.24) is 4.90 Å². The van der Waals surface area contributed by atoms with Crippen LogP contribution in [0.4, 0.5) is 13.2 Å². The lowest BCUT2D eigenvalue weighted by Crippen LogP contribution is -2.53. The van der Waals surface area contributed by atoms with Crippen LogP contribution in [0.2, 0.25) is 0 Å². The number of rotatable bonds is 6. The highest BCUT2D eigenvalue weighted by atomic mass is 19.4. The summed E-state index contributed by atoms with van der Waals surface area (Å²) in [6, 6.07) is 9.11. The zero-order valence-electron chi connectivity index (χ0n) is 20.9. The van der Waals surface area contributed by atoms with Crippen molar-refractivity contribution in [3.05, 3.63) is 41.5 Å². The van der Waals surface area contributed by atoms with Gasteiger partial charge in [0.2, 0.25) is 0 Å². The molecule has 3 fully saturated rings. The maximum Gasteiger partial charge on any atom is 0.420 e. The van der Waals surface area contributed by atoms with Gasteiger partial charge in [-0.05, 0) is 86.1 Å². The van der Waals surface area contributed by atoms with Gasteiger partial charge < -0.3 is 9.84 Å². The second-order valence-corrected chi connectivity index (χ2v) is 11.2. The largest absolute Gasteiger partial charge is 0.490 e. The third kappa shape index (κ3) is 5.36. The Kier molecular flexibility index (Phi) is 7.21. The number of carboxylic acid groups (broad SMARTS) is 1. The number of hydrogen-bond donors (Lipinski definition) is 1. The number of alkyl halides is 3. The van der Waals surface area contributed by atoms with Crippen LogP contribution in [0.5, 0.6) is 5.75 Å². The van der Waals surface area contributed by atoms with E-state index in [1.807, 2.05) is 6.07 Å². The molecule has 3 aliphatic rings. The van der Waals surface area contributed by atoms with E-state index in [2.05, 4.69) is 11.8 Å². The van der Waals surface area contributed by atoms with E-state index in [9.17, 15) is 23.1 Å². The van der Waals surface area contributed by atoms with Crippen LogP contribution in [0.25, 0.3) is 10.8 Å². The summed E-state index contributed by atoms with van der Waals surface area (Å²) in [5, 5.41) is 10.3. The molecule has 5 rings (SSSR count). The summed E-state index contributed by atoms with van der Waals surface area (Å²) in [5.74, 6) is -0.448. The lowest BCUT2D eigenvalue weighted by Gasteiger charge is -2.48. The molecule has 4 nitrogen and oxygen atoms in total. The van der Waals surface area contributed by atoms with E-state index < -0.39 is 17.7 Å². The molecule has 2 aliphatic heterocycles. The van der Waals surface area contributed by atoms with Crippen molar-refractivity contribution < 1.29 is 27.8 Å². The monoisotopic (exact) mass is 503 g/mol. The van der Waals surface area contributed by atoms with Gasteiger partial charge in [0.15, 0.2) is 0 Å². The summed E-state index contributed by atoms with van der Waals surface area (Å²) in [4.78, 5) is 14.0. The average molecular weight is 504 g/mol. The van der Waals surface area contributed by atoms with Crippen molar-refractivity contribution in [2.45, 2.75) is 95.5 Å². The van der Waals surface area contributed by atoms with Crippen molar-refractivity contribution in [2.24, 2.45) is 11.8 Å². The number of halogens is 3. The molecule has 0 amide bonds. The number of nitrogens with zero attached hydrogens (tertiary/aromatic N) is 1. The molecule has 7 heteroatoms. The summed E-state index contributed by atoms with van der Waals surface area (Å²) in [6.45, 7) is 2.92. The lowest BCUT2D eigenvalue weighted by atomic mass is 9.78. The second kappa shape index (κ2) is 10.2. The molecule has 2 saturated heterocycles. The van der Waals surface area contributed by atoms with E-state index >= 15 is 0 Å². The zero-order valence-corrected chi connectivity index (χ0v) is 20.9. The van der Waals surface area contributed by atoms with Crippen LogP contribution in [-0.4, -0.2) is 40.7 Å². The summed E-state index contributed by atoms with van der Waals surface area (Å²) in [6.07, 6.45) is 3.95. The first-order valence-corrected chi connectivity index (χ1v) is 13.5.